The highest BCUT2D eigenvalue weighted by molar-refractivity contribution is 5.32. The van der Waals surface area contributed by atoms with Crippen LogP contribution in [0.2, 0.25) is 0 Å². The molecule has 0 spiro atoms. The van der Waals surface area contributed by atoms with Crippen LogP contribution < -0.4 is 5.73 Å². The SMILES string of the molecule is NCC12CC3CC(CO[N+](=O)[O-])(C1)CC(c1ccccc1)(C3)C2. The number of nitrogens with two attached hydrogens (primary N) is 1. The van der Waals surface area contributed by atoms with Crippen LogP contribution in [0.1, 0.15) is 44.1 Å². The molecule has 5 nitrogen and oxygen atoms in total. The zero-order chi connectivity index (χ0) is 16.1. The van der Waals surface area contributed by atoms with Gasteiger partial charge in [0.1, 0.15) is 6.61 Å². The largest absolute Gasteiger partial charge is 0.330 e. The fourth-order valence-corrected chi connectivity index (χ4v) is 6.54. The Bertz CT molecular complexity index is 622. The standard InChI is InChI=1S/C18H24N2O3/c19-12-16-6-14-7-17(9-16,13-23-20(21)22)11-18(8-14,10-16)15-4-2-1-3-5-15/h1-5,14H,6-13,19H2. The molecule has 0 heterocycles. The molecular weight excluding hydrogens is 292 g/mol. The van der Waals surface area contributed by atoms with Crippen LogP contribution in [0.15, 0.2) is 30.3 Å². The molecule has 4 saturated carbocycles. The van der Waals surface area contributed by atoms with E-state index in [4.69, 9.17) is 10.6 Å². The summed E-state index contributed by atoms with van der Waals surface area (Å²) in [4.78, 5) is 15.6. The highest BCUT2D eigenvalue weighted by Gasteiger charge is 2.63. The monoisotopic (exact) mass is 316 g/mol. The van der Waals surface area contributed by atoms with E-state index >= 15 is 0 Å². The molecule has 4 atom stereocenters. The van der Waals surface area contributed by atoms with Crippen LogP contribution >= 0.6 is 0 Å². The number of hydrogen-bond acceptors (Lipinski definition) is 4. The van der Waals surface area contributed by atoms with Crippen molar-refractivity contribution in [3.05, 3.63) is 46.0 Å². The lowest BCUT2D eigenvalue weighted by atomic mass is 9.38. The van der Waals surface area contributed by atoms with Crippen molar-refractivity contribution < 1.29 is 9.92 Å². The highest BCUT2D eigenvalue weighted by Crippen LogP contribution is 2.69. The fourth-order valence-electron chi connectivity index (χ4n) is 6.54. The van der Waals surface area contributed by atoms with Crippen LogP contribution in [-0.4, -0.2) is 18.2 Å². The van der Waals surface area contributed by atoms with E-state index in [1.54, 1.807) is 0 Å². The van der Waals surface area contributed by atoms with Crippen molar-refractivity contribution >= 4 is 0 Å². The summed E-state index contributed by atoms with van der Waals surface area (Å²) in [7, 11) is 0. The van der Waals surface area contributed by atoms with Crippen LogP contribution in [0.25, 0.3) is 0 Å². The van der Waals surface area contributed by atoms with E-state index in [0.29, 0.717) is 12.5 Å². The molecule has 4 unspecified atom stereocenters. The van der Waals surface area contributed by atoms with Crippen molar-refractivity contribution in [2.75, 3.05) is 13.2 Å². The summed E-state index contributed by atoms with van der Waals surface area (Å²) in [5, 5.41) is 10.1. The van der Waals surface area contributed by atoms with Gasteiger partial charge in [-0.2, -0.15) is 0 Å². The summed E-state index contributed by atoms with van der Waals surface area (Å²) >= 11 is 0. The van der Waals surface area contributed by atoms with Crippen molar-refractivity contribution in [3.63, 3.8) is 0 Å². The van der Waals surface area contributed by atoms with Crippen LogP contribution in [-0.2, 0) is 10.3 Å². The zero-order valence-corrected chi connectivity index (χ0v) is 13.4. The second-order valence-corrected chi connectivity index (χ2v) is 8.36. The minimum Gasteiger partial charge on any atom is -0.330 e. The van der Waals surface area contributed by atoms with E-state index in [1.165, 1.54) is 18.4 Å². The predicted molar refractivity (Wildman–Crippen MR) is 86.2 cm³/mol. The van der Waals surface area contributed by atoms with Gasteiger partial charge in [-0.05, 0) is 72.8 Å². The second kappa shape index (κ2) is 4.94. The number of nitrogens with zero attached hydrogens (tertiary/aromatic N) is 1. The molecule has 0 aromatic heterocycles. The highest BCUT2D eigenvalue weighted by atomic mass is 16.9. The summed E-state index contributed by atoms with van der Waals surface area (Å²) < 4.78 is 0. The molecule has 4 aliphatic rings. The predicted octanol–water partition coefficient (Wildman–Crippen LogP) is 3.06. The molecule has 0 radical (unpaired) electrons. The summed E-state index contributed by atoms with van der Waals surface area (Å²) in [6.45, 7) is 0.908. The average Bonchev–Trinajstić information content (AvgIpc) is 2.53. The Morgan fingerprint density at radius 2 is 1.83 bits per heavy atom. The van der Waals surface area contributed by atoms with E-state index in [2.05, 4.69) is 24.3 Å². The summed E-state index contributed by atoms with van der Waals surface area (Å²) in [5.74, 6) is 0.616. The summed E-state index contributed by atoms with van der Waals surface area (Å²) in [5.41, 5.74) is 7.76. The molecule has 5 heteroatoms. The summed E-state index contributed by atoms with van der Waals surface area (Å²) in [6, 6.07) is 10.7. The van der Waals surface area contributed by atoms with Gasteiger partial charge >= 0.3 is 0 Å². The van der Waals surface area contributed by atoms with Gasteiger partial charge in [-0.15, -0.1) is 10.1 Å². The molecule has 1 aromatic rings. The second-order valence-electron chi connectivity index (χ2n) is 8.36. The molecule has 5 rings (SSSR count). The van der Waals surface area contributed by atoms with Gasteiger partial charge < -0.3 is 10.6 Å². The molecule has 1 aromatic carbocycles. The Balaban J connectivity index is 1.73. The molecule has 4 bridgehead atoms. The van der Waals surface area contributed by atoms with Crippen molar-refractivity contribution in [3.8, 4) is 0 Å². The lowest BCUT2D eigenvalue weighted by Gasteiger charge is -2.66. The van der Waals surface area contributed by atoms with Gasteiger partial charge in [0, 0.05) is 0 Å². The van der Waals surface area contributed by atoms with Gasteiger partial charge in [0.2, 0.25) is 0 Å². The minimum atomic E-state index is -0.636. The molecule has 124 valence electrons. The van der Waals surface area contributed by atoms with Crippen molar-refractivity contribution in [2.24, 2.45) is 22.5 Å². The first-order valence-electron chi connectivity index (χ1n) is 8.52. The molecular formula is C18H24N2O3. The quantitative estimate of drug-likeness (QED) is 0.669. The third-order valence-corrected chi connectivity index (χ3v) is 6.59. The number of hydrogen-bond donors (Lipinski definition) is 1. The maximum Gasteiger partial charge on any atom is 0.294 e. The number of rotatable bonds is 5. The smallest absolute Gasteiger partial charge is 0.294 e. The molecule has 0 amide bonds. The van der Waals surface area contributed by atoms with E-state index in [-0.39, 0.29) is 22.9 Å². The average molecular weight is 316 g/mol. The molecule has 4 aliphatic carbocycles. The van der Waals surface area contributed by atoms with Gasteiger partial charge in [-0.3, -0.25) is 0 Å². The summed E-state index contributed by atoms with van der Waals surface area (Å²) in [6.07, 6.45) is 6.53. The van der Waals surface area contributed by atoms with Crippen molar-refractivity contribution in [2.45, 2.75) is 43.9 Å². The van der Waals surface area contributed by atoms with Gasteiger partial charge in [0.25, 0.3) is 5.09 Å². The Labute approximate surface area is 136 Å². The lowest BCUT2D eigenvalue weighted by molar-refractivity contribution is -0.761. The molecule has 2 N–H and O–H groups in total. The Morgan fingerprint density at radius 3 is 2.52 bits per heavy atom. The van der Waals surface area contributed by atoms with Crippen LogP contribution in [0, 0.1) is 26.9 Å². The van der Waals surface area contributed by atoms with E-state index in [0.717, 1.165) is 25.7 Å². The third kappa shape index (κ3) is 2.33. The Kier molecular flexibility index (Phi) is 3.21. The topological polar surface area (TPSA) is 78.4 Å². The molecule has 0 aliphatic heterocycles. The Hall–Kier alpha value is -1.62. The molecule has 4 fully saturated rings. The lowest BCUT2D eigenvalue weighted by Crippen LogP contribution is -2.61. The van der Waals surface area contributed by atoms with Crippen LogP contribution in [0.5, 0.6) is 0 Å². The zero-order valence-electron chi connectivity index (χ0n) is 13.4. The van der Waals surface area contributed by atoms with E-state index < -0.39 is 5.09 Å². The van der Waals surface area contributed by atoms with Crippen LogP contribution in [0.3, 0.4) is 0 Å². The first-order chi connectivity index (χ1) is 11.0. The van der Waals surface area contributed by atoms with Crippen molar-refractivity contribution in [1.29, 1.82) is 0 Å². The number of benzene rings is 1. The van der Waals surface area contributed by atoms with E-state index in [1.807, 2.05) is 6.07 Å². The Morgan fingerprint density at radius 1 is 1.13 bits per heavy atom. The van der Waals surface area contributed by atoms with Gasteiger partial charge in [-0.1, -0.05) is 30.3 Å². The third-order valence-electron chi connectivity index (χ3n) is 6.59. The molecule has 23 heavy (non-hydrogen) atoms. The minimum absolute atomic E-state index is 0.0816. The molecule has 0 saturated heterocycles. The van der Waals surface area contributed by atoms with Gasteiger partial charge in [-0.25, -0.2) is 0 Å². The van der Waals surface area contributed by atoms with Crippen molar-refractivity contribution in [1.82, 2.24) is 0 Å². The first-order valence-corrected chi connectivity index (χ1v) is 8.52. The van der Waals surface area contributed by atoms with Gasteiger partial charge in [0.15, 0.2) is 0 Å². The van der Waals surface area contributed by atoms with Crippen LogP contribution in [0.4, 0.5) is 0 Å². The van der Waals surface area contributed by atoms with E-state index in [9.17, 15) is 10.1 Å². The fraction of sp³-hybridized carbons (Fsp3) is 0.667. The maximum atomic E-state index is 10.8. The van der Waals surface area contributed by atoms with Gasteiger partial charge in [0.05, 0.1) is 0 Å². The first kappa shape index (κ1) is 14.9. The maximum absolute atomic E-state index is 10.8. The normalized spacial score (nSPS) is 41.0.